The number of nitrogen functional groups attached to an aromatic ring is 1. The van der Waals surface area contributed by atoms with E-state index in [1.165, 1.54) is 18.2 Å². The van der Waals surface area contributed by atoms with Crippen molar-refractivity contribution in [3.63, 3.8) is 0 Å². The summed E-state index contributed by atoms with van der Waals surface area (Å²) >= 11 is 7.25. The fourth-order valence-electron chi connectivity index (χ4n) is 3.45. The van der Waals surface area contributed by atoms with Crippen molar-refractivity contribution in [2.45, 2.75) is 25.9 Å². The zero-order valence-electron chi connectivity index (χ0n) is 20.2. The molecule has 4 N–H and O–H groups in total. The van der Waals surface area contributed by atoms with E-state index in [0.717, 1.165) is 33.8 Å². The molecule has 0 bridgehead atoms. The topological polar surface area (TPSA) is 132 Å². The number of aryl methyl sites for hydroxylation is 1. The number of amides is 1. The van der Waals surface area contributed by atoms with E-state index in [2.05, 4.69) is 15.5 Å². The summed E-state index contributed by atoms with van der Waals surface area (Å²) in [6, 6.07) is 13.8. The van der Waals surface area contributed by atoms with E-state index in [0.29, 0.717) is 16.6 Å². The van der Waals surface area contributed by atoms with Gasteiger partial charge in [-0.25, -0.2) is 4.79 Å². The molecule has 0 atom stereocenters. The number of aromatic nitrogens is 3. The van der Waals surface area contributed by atoms with E-state index in [1.807, 2.05) is 51.1 Å². The van der Waals surface area contributed by atoms with E-state index in [-0.39, 0.29) is 28.2 Å². The maximum atomic E-state index is 12.5. The second-order valence-corrected chi connectivity index (χ2v) is 8.68. The first-order valence-corrected chi connectivity index (χ1v) is 12.4. The molecule has 0 unspecified atom stereocenters. The van der Waals surface area contributed by atoms with Crippen LogP contribution < -0.4 is 15.8 Å². The summed E-state index contributed by atoms with van der Waals surface area (Å²) < 4.78 is 7.08. The third kappa shape index (κ3) is 5.72. The predicted octanol–water partition coefficient (Wildman–Crippen LogP) is 5.43. The lowest BCUT2D eigenvalue weighted by Gasteiger charge is -2.14. The van der Waals surface area contributed by atoms with Crippen molar-refractivity contribution in [1.29, 1.82) is 0 Å². The van der Waals surface area contributed by atoms with Crippen molar-refractivity contribution in [1.82, 2.24) is 14.8 Å². The zero-order valence-corrected chi connectivity index (χ0v) is 21.8. The number of fused-ring (bicyclic) bond motifs is 1. The van der Waals surface area contributed by atoms with Crippen molar-refractivity contribution in [3.05, 3.63) is 64.7 Å². The summed E-state index contributed by atoms with van der Waals surface area (Å²) in [7, 11) is 1.60. The van der Waals surface area contributed by atoms with Crippen LogP contribution in [-0.2, 0) is 4.79 Å². The molecule has 0 aliphatic carbocycles. The minimum Gasteiger partial charge on any atom is -0.497 e. The average Bonchev–Trinajstić information content (AvgIpc) is 3.25. The number of methoxy groups -OCH3 is 1. The zero-order chi connectivity index (χ0) is 26.4. The third-order valence-corrected chi connectivity index (χ3v) is 6.38. The first kappa shape index (κ1) is 26.8. The molecule has 1 aromatic heterocycles. The number of rotatable bonds is 7. The highest BCUT2D eigenvalue weighted by atomic mass is 35.5. The lowest BCUT2D eigenvalue weighted by atomic mass is 10.0. The monoisotopic (exact) mass is 527 g/mol. The van der Waals surface area contributed by atoms with Gasteiger partial charge in [-0.05, 0) is 54.3 Å². The molecule has 4 aromatic rings. The van der Waals surface area contributed by atoms with E-state index in [1.54, 1.807) is 11.7 Å². The molecule has 0 radical (unpaired) electrons. The Morgan fingerprint density at radius 1 is 1.11 bits per heavy atom. The van der Waals surface area contributed by atoms with Crippen LogP contribution in [0.25, 0.3) is 16.5 Å². The van der Waals surface area contributed by atoms with Gasteiger partial charge >= 0.3 is 5.97 Å². The third-order valence-electron chi connectivity index (χ3n) is 5.14. The minimum absolute atomic E-state index is 0.00224. The number of thioether (sulfide) groups is 1. The van der Waals surface area contributed by atoms with Crippen LogP contribution in [0.15, 0.2) is 53.7 Å². The fourth-order valence-corrected chi connectivity index (χ4v) is 4.43. The Labute approximate surface area is 217 Å². The molecule has 9 nitrogen and oxygen atoms in total. The molecule has 188 valence electrons. The number of benzene rings is 3. The van der Waals surface area contributed by atoms with Crippen LogP contribution >= 0.6 is 23.4 Å². The first-order valence-electron chi connectivity index (χ1n) is 11.0. The van der Waals surface area contributed by atoms with Crippen molar-refractivity contribution in [3.8, 4) is 11.4 Å². The van der Waals surface area contributed by atoms with Gasteiger partial charge in [0.05, 0.1) is 34.8 Å². The SMILES string of the molecule is CC.COc1ccc2c(C)ccc(-n3c(N)nnc3SCC(=O)Nc3ccc(C(=O)O)cc3Cl)c2c1. The minimum atomic E-state index is -1.10. The number of halogens is 1. The van der Waals surface area contributed by atoms with Gasteiger partial charge in [0, 0.05) is 5.39 Å². The quantitative estimate of drug-likeness (QED) is 0.271. The van der Waals surface area contributed by atoms with Crippen LogP contribution in [-0.4, -0.2) is 44.6 Å². The molecule has 0 fully saturated rings. The molecule has 11 heteroatoms. The van der Waals surface area contributed by atoms with Gasteiger partial charge in [0.25, 0.3) is 0 Å². The standard InChI is InChI=1S/C23H20ClN5O4S.C2H6/c1-12-3-8-19(16-10-14(33-2)5-6-15(12)16)29-22(25)27-28-23(29)34-11-20(30)26-18-7-4-13(21(31)32)9-17(18)24;1-2/h3-10H,11H2,1-2H3,(H2,25,27)(H,26,30)(H,31,32);1-2H3. The van der Waals surface area contributed by atoms with E-state index < -0.39 is 5.97 Å². The van der Waals surface area contributed by atoms with Crippen LogP contribution in [0.4, 0.5) is 11.6 Å². The number of hydrogen-bond acceptors (Lipinski definition) is 7. The molecule has 1 heterocycles. The molecule has 4 rings (SSSR count). The Morgan fingerprint density at radius 3 is 2.53 bits per heavy atom. The van der Waals surface area contributed by atoms with Gasteiger partial charge < -0.3 is 20.9 Å². The number of carboxylic acid groups (broad SMARTS) is 1. The van der Waals surface area contributed by atoms with Crippen molar-refractivity contribution < 1.29 is 19.4 Å². The predicted molar refractivity (Wildman–Crippen MR) is 144 cm³/mol. The number of anilines is 2. The summed E-state index contributed by atoms with van der Waals surface area (Å²) in [5.41, 5.74) is 8.34. The first-order chi connectivity index (χ1) is 17.3. The Morgan fingerprint density at radius 2 is 1.86 bits per heavy atom. The highest BCUT2D eigenvalue weighted by Gasteiger charge is 2.18. The number of carboxylic acids is 1. The molecule has 1 amide bonds. The van der Waals surface area contributed by atoms with Gasteiger partial charge in [-0.15, -0.1) is 10.2 Å². The van der Waals surface area contributed by atoms with Gasteiger partial charge in [-0.1, -0.05) is 49.3 Å². The number of ether oxygens (including phenoxy) is 1. The van der Waals surface area contributed by atoms with Gasteiger partial charge in [-0.2, -0.15) is 0 Å². The second-order valence-electron chi connectivity index (χ2n) is 7.33. The lowest BCUT2D eigenvalue weighted by molar-refractivity contribution is -0.113. The maximum Gasteiger partial charge on any atom is 0.335 e. The van der Waals surface area contributed by atoms with E-state index >= 15 is 0 Å². The smallest absolute Gasteiger partial charge is 0.335 e. The molecule has 3 aromatic carbocycles. The number of nitrogens with two attached hydrogens (primary N) is 1. The van der Waals surface area contributed by atoms with Gasteiger partial charge in [-0.3, -0.25) is 9.36 Å². The number of hydrogen-bond donors (Lipinski definition) is 3. The van der Waals surface area contributed by atoms with Gasteiger partial charge in [0.15, 0.2) is 5.16 Å². The maximum absolute atomic E-state index is 12.5. The van der Waals surface area contributed by atoms with Gasteiger partial charge in [0.1, 0.15) is 5.75 Å². The van der Waals surface area contributed by atoms with Crippen molar-refractivity contribution in [2.75, 3.05) is 23.9 Å². The summed E-state index contributed by atoms with van der Waals surface area (Å²) in [6.07, 6.45) is 0. The fraction of sp³-hybridized carbons (Fsp3) is 0.200. The Kier molecular flexibility index (Phi) is 8.78. The molecular formula is C25H26ClN5O4S. The number of carbonyl (C=O) groups excluding carboxylic acids is 1. The van der Waals surface area contributed by atoms with Crippen LogP contribution in [0.5, 0.6) is 5.75 Å². The van der Waals surface area contributed by atoms with Crippen molar-refractivity contribution in [2.24, 2.45) is 0 Å². The molecule has 0 spiro atoms. The second kappa shape index (κ2) is 11.8. The Balaban J connectivity index is 0.00000176. The average molecular weight is 528 g/mol. The number of nitrogens with one attached hydrogen (secondary N) is 1. The molecule has 0 saturated heterocycles. The summed E-state index contributed by atoms with van der Waals surface area (Å²) in [5.74, 6) is -0.567. The van der Waals surface area contributed by atoms with Crippen molar-refractivity contribution >= 4 is 57.6 Å². The van der Waals surface area contributed by atoms with Crippen LogP contribution in [0, 0.1) is 6.92 Å². The summed E-state index contributed by atoms with van der Waals surface area (Å²) in [4.78, 5) is 23.6. The molecule has 0 aliphatic rings. The highest BCUT2D eigenvalue weighted by molar-refractivity contribution is 7.99. The molecule has 0 aliphatic heterocycles. The number of nitrogens with zero attached hydrogens (tertiary/aromatic N) is 3. The van der Waals surface area contributed by atoms with Crippen LogP contribution in [0.1, 0.15) is 29.8 Å². The van der Waals surface area contributed by atoms with Crippen LogP contribution in [0.2, 0.25) is 5.02 Å². The normalized spacial score (nSPS) is 10.5. The summed E-state index contributed by atoms with van der Waals surface area (Å²) in [6.45, 7) is 6.02. The van der Waals surface area contributed by atoms with Crippen LogP contribution in [0.3, 0.4) is 0 Å². The lowest BCUT2D eigenvalue weighted by Crippen LogP contribution is -2.15. The molecular weight excluding hydrogens is 502 g/mol. The number of carbonyl (C=O) groups is 2. The Bertz CT molecular complexity index is 1420. The summed E-state index contributed by atoms with van der Waals surface area (Å²) in [5, 5.41) is 22.4. The van der Waals surface area contributed by atoms with Gasteiger partial charge in [0.2, 0.25) is 11.9 Å². The van der Waals surface area contributed by atoms with E-state index in [4.69, 9.17) is 27.2 Å². The number of aromatic carboxylic acids is 1. The Hall–Kier alpha value is -3.76. The molecule has 0 saturated carbocycles. The van der Waals surface area contributed by atoms with E-state index in [9.17, 15) is 9.59 Å². The molecule has 36 heavy (non-hydrogen) atoms. The highest BCUT2D eigenvalue weighted by Crippen LogP contribution is 2.33. The largest absolute Gasteiger partial charge is 0.497 e.